The lowest BCUT2D eigenvalue weighted by Crippen LogP contribution is -2.30. The van der Waals surface area contributed by atoms with E-state index in [0.717, 1.165) is 30.6 Å². The van der Waals surface area contributed by atoms with Crippen molar-refractivity contribution in [1.82, 2.24) is 10.3 Å². The fourth-order valence-corrected chi connectivity index (χ4v) is 5.02. The Morgan fingerprint density at radius 1 is 1.40 bits per heavy atom. The Balaban J connectivity index is 1.47. The zero-order valence-electron chi connectivity index (χ0n) is 14.2. The molecule has 25 heavy (non-hydrogen) atoms. The number of benzene rings is 1. The van der Waals surface area contributed by atoms with E-state index in [9.17, 15) is 9.59 Å². The summed E-state index contributed by atoms with van der Waals surface area (Å²) in [4.78, 5) is 28.5. The van der Waals surface area contributed by atoms with Crippen molar-refractivity contribution in [2.24, 2.45) is 5.92 Å². The molecular weight excluding hydrogens is 336 g/mol. The Morgan fingerprint density at radius 2 is 2.16 bits per heavy atom. The summed E-state index contributed by atoms with van der Waals surface area (Å²) in [6, 6.07) is 8.14. The zero-order valence-corrected chi connectivity index (χ0v) is 15.0. The van der Waals surface area contributed by atoms with E-state index in [0.29, 0.717) is 10.7 Å². The molecule has 0 aliphatic heterocycles. The molecule has 1 aromatic heterocycles. The van der Waals surface area contributed by atoms with E-state index in [1.54, 1.807) is 6.92 Å². The number of fused-ring (bicyclic) bond motifs is 2. The van der Waals surface area contributed by atoms with Gasteiger partial charge in [0.2, 0.25) is 5.91 Å². The Morgan fingerprint density at radius 3 is 2.88 bits per heavy atom. The number of thiazole rings is 1. The number of amides is 1. The van der Waals surface area contributed by atoms with Crippen molar-refractivity contribution in [3.05, 3.63) is 51.0 Å². The SMILES string of the molecule is Cc1nc(C(C)NC(=O)C2CC23CCc2ccccc23)sc1C(=O)O. The van der Waals surface area contributed by atoms with Crippen molar-refractivity contribution in [3.63, 3.8) is 0 Å². The lowest BCUT2D eigenvalue weighted by Gasteiger charge is -2.14. The van der Waals surface area contributed by atoms with Crippen LogP contribution in [-0.4, -0.2) is 22.0 Å². The van der Waals surface area contributed by atoms with Crippen molar-refractivity contribution in [3.8, 4) is 0 Å². The third kappa shape index (κ3) is 2.56. The van der Waals surface area contributed by atoms with Gasteiger partial charge in [0, 0.05) is 11.3 Å². The van der Waals surface area contributed by atoms with Gasteiger partial charge in [0.15, 0.2) is 0 Å². The molecule has 1 aromatic carbocycles. The number of carbonyl (C=O) groups is 2. The molecule has 0 radical (unpaired) electrons. The number of aryl methyl sites for hydroxylation is 2. The second-order valence-electron chi connectivity index (χ2n) is 7.07. The van der Waals surface area contributed by atoms with E-state index in [2.05, 4.69) is 28.5 Å². The van der Waals surface area contributed by atoms with Gasteiger partial charge < -0.3 is 10.4 Å². The number of aromatic nitrogens is 1. The first-order chi connectivity index (χ1) is 11.9. The maximum atomic E-state index is 12.7. The van der Waals surface area contributed by atoms with E-state index in [1.165, 1.54) is 11.1 Å². The van der Waals surface area contributed by atoms with Crippen molar-refractivity contribution < 1.29 is 14.7 Å². The third-order valence-electron chi connectivity index (χ3n) is 5.52. The van der Waals surface area contributed by atoms with Crippen LogP contribution in [0.3, 0.4) is 0 Å². The molecular formula is C19H20N2O3S. The fraction of sp³-hybridized carbons (Fsp3) is 0.421. The molecule has 5 nitrogen and oxygen atoms in total. The largest absolute Gasteiger partial charge is 0.477 e. The van der Waals surface area contributed by atoms with Crippen LogP contribution < -0.4 is 5.32 Å². The number of hydrogen-bond acceptors (Lipinski definition) is 4. The molecule has 2 N–H and O–H groups in total. The number of rotatable bonds is 4. The summed E-state index contributed by atoms with van der Waals surface area (Å²) in [5.41, 5.74) is 3.22. The number of hydrogen-bond donors (Lipinski definition) is 2. The summed E-state index contributed by atoms with van der Waals surface area (Å²) < 4.78 is 0. The predicted octanol–water partition coefficient (Wildman–Crippen LogP) is 3.23. The first-order valence-electron chi connectivity index (χ1n) is 8.52. The van der Waals surface area contributed by atoms with Gasteiger partial charge in [0.05, 0.1) is 11.7 Å². The van der Waals surface area contributed by atoms with Gasteiger partial charge >= 0.3 is 5.97 Å². The van der Waals surface area contributed by atoms with Gasteiger partial charge in [0.25, 0.3) is 0 Å². The number of nitrogens with one attached hydrogen (secondary N) is 1. The highest BCUT2D eigenvalue weighted by Gasteiger charge is 2.61. The molecule has 0 bridgehead atoms. The maximum Gasteiger partial charge on any atom is 0.347 e. The van der Waals surface area contributed by atoms with Crippen molar-refractivity contribution in [2.75, 3.05) is 0 Å². The highest BCUT2D eigenvalue weighted by atomic mass is 32.1. The number of carboxylic acid groups (broad SMARTS) is 1. The summed E-state index contributed by atoms with van der Waals surface area (Å²) in [5.74, 6) is -0.906. The summed E-state index contributed by atoms with van der Waals surface area (Å²) in [6.07, 6.45) is 2.99. The lowest BCUT2D eigenvalue weighted by molar-refractivity contribution is -0.123. The molecule has 2 aliphatic rings. The summed E-state index contributed by atoms with van der Waals surface area (Å²) in [7, 11) is 0. The summed E-state index contributed by atoms with van der Waals surface area (Å²) in [6.45, 7) is 3.54. The Hall–Kier alpha value is -2.21. The zero-order chi connectivity index (χ0) is 17.8. The fourth-order valence-electron chi connectivity index (χ4n) is 4.12. The van der Waals surface area contributed by atoms with Crippen LogP contribution in [0.25, 0.3) is 0 Å². The topological polar surface area (TPSA) is 79.3 Å². The summed E-state index contributed by atoms with van der Waals surface area (Å²) >= 11 is 1.14. The van der Waals surface area contributed by atoms with Crippen molar-refractivity contribution >= 4 is 23.2 Å². The smallest absolute Gasteiger partial charge is 0.347 e. The minimum Gasteiger partial charge on any atom is -0.477 e. The van der Waals surface area contributed by atoms with Crippen LogP contribution in [0.1, 0.15) is 57.3 Å². The average Bonchev–Trinajstić information content (AvgIpc) is 3.00. The minimum absolute atomic E-state index is 0.0126. The molecule has 1 saturated carbocycles. The van der Waals surface area contributed by atoms with Crippen LogP contribution in [0.4, 0.5) is 0 Å². The van der Waals surface area contributed by atoms with Gasteiger partial charge in [-0.2, -0.15) is 0 Å². The molecule has 0 saturated heterocycles. The van der Waals surface area contributed by atoms with E-state index >= 15 is 0 Å². The molecule has 3 atom stereocenters. The van der Waals surface area contributed by atoms with Gasteiger partial charge in [0.1, 0.15) is 9.88 Å². The van der Waals surface area contributed by atoms with E-state index in [-0.39, 0.29) is 28.2 Å². The first-order valence-corrected chi connectivity index (χ1v) is 9.33. The number of carbonyl (C=O) groups excluding carboxylic acids is 1. The number of aromatic carboxylic acids is 1. The van der Waals surface area contributed by atoms with Crippen LogP contribution in [0.5, 0.6) is 0 Å². The van der Waals surface area contributed by atoms with Crippen LogP contribution >= 0.6 is 11.3 Å². The third-order valence-corrected chi connectivity index (χ3v) is 6.85. The number of carboxylic acids is 1. The Kier molecular flexibility index (Phi) is 3.68. The average molecular weight is 356 g/mol. The molecule has 130 valence electrons. The van der Waals surface area contributed by atoms with Crippen molar-refractivity contribution in [1.29, 1.82) is 0 Å². The van der Waals surface area contributed by atoms with E-state index in [1.807, 2.05) is 13.0 Å². The van der Waals surface area contributed by atoms with Gasteiger partial charge in [-0.1, -0.05) is 24.3 Å². The Bertz CT molecular complexity index is 875. The molecule has 4 rings (SSSR count). The second-order valence-corrected chi connectivity index (χ2v) is 8.10. The van der Waals surface area contributed by atoms with Gasteiger partial charge in [-0.15, -0.1) is 11.3 Å². The van der Waals surface area contributed by atoms with E-state index in [4.69, 9.17) is 5.11 Å². The van der Waals surface area contributed by atoms with E-state index < -0.39 is 5.97 Å². The lowest BCUT2D eigenvalue weighted by atomic mass is 9.95. The van der Waals surface area contributed by atoms with Crippen LogP contribution in [-0.2, 0) is 16.6 Å². The Labute approximate surface area is 150 Å². The molecule has 1 spiro atoms. The normalized spacial score (nSPS) is 24.8. The quantitative estimate of drug-likeness (QED) is 0.881. The van der Waals surface area contributed by atoms with Gasteiger partial charge in [-0.25, -0.2) is 9.78 Å². The minimum atomic E-state index is -0.969. The molecule has 3 unspecified atom stereocenters. The second kappa shape index (κ2) is 5.66. The molecule has 6 heteroatoms. The standard InChI is InChI=1S/C19H20N2O3S/c1-10-15(18(23)24)25-17(21-10)11(2)20-16(22)14-9-19(14)8-7-12-5-3-4-6-13(12)19/h3-6,11,14H,7-9H2,1-2H3,(H,20,22)(H,23,24). The van der Waals surface area contributed by atoms with Crippen molar-refractivity contribution in [2.45, 2.75) is 44.6 Å². The molecule has 2 aliphatic carbocycles. The highest BCUT2D eigenvalue weighted by molar-refractivity contribution is 7.13. The predicted molar refractivity (Wildman–Crippen MR) is 94.9 cm³/mol. The monoisotopic (exact) mass is 356 g/mol. The molecule has 1 fully saturated rings. The molecule has 2 aromatic rings. The highest BCUT2D eigenvalue weighted by Crippen LogP contribution is 2.61. The van der Waals surface area contributed by atoms with Gasteiger partial charge in [-0.05, 0) is 44.2 Å². The molecule has 1 heterocycles. The molecule has 1 amide bonds. The van der Waals surface area contributed by atoms with Crippen LogP contribution in [0.15, 0.2) is 24.3 Å². The summed E-state index contributed by atoms with van der Waals surface area (Å²) in [5, 5.41) is 12.8. The maximum absolute atomic E-state index is 12.7. The number of nitrogens with zero attached hydrogens (tertiary/aromatic N) is 1. The van der Waals surface area contributed by atoms with Gasteiger partial charge in [-0.3, -0.25) is 4.79 Å². The van der Waals surface area contributed by atoms with Crippen LogP contribution in [0.2, 0.25) is 0 Å². The van der Waals surface area contributed by atoms with Crippen LogP contribution in [0, 0.1) is 12.8 Å². The first kappa shape index (κ1) is 16.3.